The monoisotopic (exact) mass is 512 g/mol. The minimum atomic E-state index is -4.44. The summed E-state index contributed by atoms with van der Waals surface area (Å²) >= 11 is 0. The summed E-state index contributed by atoms with van der Waals surface area (Å²) in [5.74, 6) is 0.445. The number of benzene rings is 2. The number of pyridine rings is 1. The molecule has 0 aliphatic rings. The lowest BCUT2D eigenvalue weighted by atomic mass is 9.76. The predicted molar refractivity (Wildman–Crippen MR) is 132 cm³/mol. The maximum Gasteiger partial charge on any atom is 0.416 e. The first-order chi connectivity index (χ1) is 17.4. The van der Waals surface area contributed by atoms with Gasteiger partial charge in [-0.05, 0) is 53.5 Å². The number of carbonyl (C=O) groups is 1. The normalized spacial score (nSPS) is 13.9. The summed E-state index contributed by atoms with van der Waals surface area (Å²) in [6, 6.07) is 11.8. The van der Waals surface area contributed by atoms with E-state index in [9.17, 15) is 23.1 Å². The molecule has 0 spiro atoms. The highest BCUT2D eigenvalue weighted by Crippen LogP contribution is 2.39. The number of hydrogen-bond donors (Lipinski definition) is 2. The summed E-state index contributed by atoms with van der Waals surface area (Å²) < 4.78 is 44.4. The van der Waals surface area contributed by atoms with Crippen LogP contribution < -0.4 is 5.32 Å². The first-order valence-corrected chi connectivity index (χ1v) is 11.7. The van der Waals surface area contributed by atoms with Gasteiger partial charge in [-0.1, -0.05) is 50.2 Å². The van der Waals surface area contributed by atoms with Crippen LogP contribution in [0.3, 0.4) is 0 Å². The Kier molecular flexibility index (Phi) is 7.20. The number of hydrogen-bond acceptors (Lipinski definition) is 5. The molecule has 2 N–H and O–H groups in total. The van der Waals surface area contributed by atoms with Crippen molar-refractivity contribution >= 4 is 16.9 Å². The van der Waals surface area contributed by atoms with Crippen LogP contribution in [0.5, 0.6) is 0 Å². The van der Waals surface area contributed by atoms with Gasteiger partial charge in [-0.15, -0.1) is 0 Å². The molecule has 1 amide bonds. The average Bonchev–Trinajstić information content (AvgIpc) is 3.30. The van der Waals surface area contributed by atoms with Crippen LogP contribution in [-0.2, 0) is 12.6 Å². The molecule has 37 heavy (non-hydrogen) atoms. The molecule has 0 radical (unpaired) electrons. The van der Waals surface area contributed by atoms with Crippen LogP contribution >= 0.6 is 0 Å². The zero-order valence-electron chi connectivity index (χ0n) is 20.6. The summed E-state index contributed by atoms with van der Waals surface area (Å²) in [5, 5.41) is 18.1. The summed E-state index contributed by atoms with van der Waals surface area (Å²) in [5.41, 5.74) is 0.217. The zero-order chi connectivity index (χ0) is 26.8. The molecular formula is C27H27F3N4O3. The van der Waals surface area contributed by atoms with Crippen molar-refractivity contribution in [2.45, 2.75) is 51.7 Å². The standard InChI is InChI=1S/C27H27F3N4O3/c1-26(2,3)22(14-21(32-25(35)36)12-16-4-8-20(9-5-16)27(28,29)30)24-33-23(34-37-24)18-6-7-19-15-31-11-10-17(19)13-18/h4-11,13,15,21-22,32H,12,14H2,1-3H3,(H,35,36)/t21?,22-/m0/s1. The smallest absolute Gasteiger partial charge is 0.416 e. The molecule has 2 heterocycles. The first kappa shape index (κ1) is 26.1. The molecule has 0 aliphatic carbocycles. The van der Waals surface area contributed by atoms with Gasteiger partial charge in [0.15, 0.2) is 0 Å². The Bertz CT molecular complexity index is 1380. The Morgan fingerprint density at radius 3 is 2.43 bits per heavy atom. The Labute approximate surface area is 211 Å². The lowest BCUT2D eigenvalue weighted by Gasteiger charge is -2.31. The highest BCUT2D eigenvalue weighted by molar-refractivity contribution is 5.85. The lowest BCUT2D eigenvalue weighted by Crippen LogP contribution is -2.38. The van der Waals surface area contributed by atoms with Gasteiger partial charge in [0.1, 0.15) is 0 Å². The van der Waals surface area contributed by atoms with Crippen LogP contribution in [-0.4, -0.2) is 32.4 Å². The number of halogens is 3. The van der Waals surface area contributed by atoms with Crippen molar-refractivity contribution in [3.63, 3.8) is 0 Å². The predicted octanol–water partition coefficient (Wildman–Crippen LogP) is 6.70. The Morgan fingerprint density at radius 1 is 1.05 bits per heavy atom. The average molecular weight is 513 g/mol. The van der Waals surface area contributed by atoms with E-state index in [0.717, 1.165) is 28.5 Å². The number of nitrogens with zero attached hydrogens (tertiary/aromatic N) is 3. The zero-order valence-corrected chi connectivity index (χ0v) is 20.6. The second-order valence-corrected chi connectivity index (χ2v) is 10.1. The molecule has 0 fully saturated rings. The number of fused-ring (bicyclic) bond motifs is 1. The summed E-state index contributed by atoms with van der Waals surface area (Å²) in [4.78, 5) is 20.3. The van der Waals surface area contributed by atoms with Gasteiger partial charge in [-0.3, -0.25) is 4.98 Å². The van der Waals surface area contributed by atoms with Gasteiger partial charge in [-0.2, -0.15) is 18.2 Å². The van der Waals surface area contributed by atoms with Gasteiger partial charge in [0.2, 0.25) is 11.7 Å². The van der Waals surface area contributed by atoms with Gasteiger partial charge in [0.05, 0.1) is 5.56 Å². The number of amides is 1. The van der Waals surface area contributed by atoms with E-state index in [1.165, 1.54) is 12.1 Å². The van der Waals surface area contributed by atoms with Crippen molar-refractivity contribution in [1.82, 2.24) is 20.4 Å². The van der Waals surface area contributed by atoms with Crippen LogP contribution in [0.25, 0.3) is 22.2 Å². The minimum Gasteiger partial charge on any atom is -0.465 e. The fourth-order valence-corrected chi connectivity index (χ4v) is 4.31. The molecule has 1 unspecified atom stereocenters. The molecule has 4 aromatic rings. The Hall–Kier alpha value is -3.95. The van der Waals surface area contributed by atoms with Gasteiger partial charge in [-0.25, -0.2) is 4.79 Å². The molecule has 4 rings (SSSR count). The van der Waals surface area contributed by atoms with E-state index < -0.39 is 23.9 Å². The first-order valence-electron chi connectivity index (χ1n) is 11.7. The van der Waals surface area contributed by atoms with Crippen molar-refractivity contribution in [3.8, 4) is 11.4 Å². The quantitative estimate of drug-likeness (QED) is 0.286. The molecule has 0 bridgehead atoms. The van der Waals surface area contributed by atoms with Crippen molar-refractivity contribution in [1.29, 1.82) is 0 Å². The Balaban J connectivity index is 1.59. The van der Waals surface area contributed by atoms with E-state index in [-0.39, 0.29) is 17.8 Å². The van der Waals surface area contributed by atoms with Crippen LogP contribution in [0.15, 0.2) is 65.4 Å². The maximum absolute atomic E-state index is 12.9. The highest BCUT2D eigenvalue weighted by atomic mass is 19.4. The Morgan fingerprint density at radius 2 is 1.78 bits per heavy atom. The van der Waals surface area contributed by atoms with E-state index >= 15 is 0 Å². The second kappa shape index (κ2) is 10.2. The van der Waals surface area contributed by atoms with Gasteiger partial charge in [0, 0.05) is 35.3 Å². The SMILES string of the molecule is CC(C)(C)[C@@H](CC(Cc1ccc(C(F)(F)F)cc1)NC(=O)O)c1nc(-c2ccc3cnccc3c2)no1. The third-order valence-electron chi connectivity index (χ3n) is 6.30. The van der Waals surface area contributed by atoms with Gasteiger partial charge >= 0.3 is 12.3 Å². The molecule has 10 heteroatoms. The van der Waals surface area contributed by atoms with Crippen molar-refractivity contribution in [2.24, 2.45) is 5.41 Å². The van der Waals surface area contributed by atoms with E-state index in [1.807, 2.05) is 45.0 Å². The topological polar surface area (TPSA) is 101 Å². The molecule has 0 saturated heterocycles. The number of aromatic nitrogens is 3. The highest BCUT2D eigenvalue weighted by Gasteiger charge is 2.35. The van der Waals surface area contributed by atoms with E-state index in [2.05, 4.69) is 20.4 Å². The third kappa shape index (κ3) is 6.44. The van der Waals surface area contributed by atoms with E-state index in [0.29, 0.717) is 23.7 Å². The van der Waals surface area contributed by atoms with Crippen molar-refractivity contribution < 1.29 is 27.6 Å². The lowest BCUT2D eigenvalue weighted by molar-refractivity contribution is -0.137. The number of nitrogens with one attached hydrogen (secondary N) is 1. The largest absolute Gasteiger partial charge is 0.465 e. The molecular weight excluding hydrogens is 485 g/mol. The number of carboxylic acid groups (broad SMARTS) is 1. The van der Waals surface area contributed by atoms with Crippen LogP contribution in [0.2, 0.25) is 0 Å². The number of rotatable bonds is 7. The van der Waals surface area contributed by atoms with Crippen molar-refractivity contribution in [3.05, 3.63) is 77.9 Å². The molecule has 2 aromatic heterocycles. The van der Waals surface area contributed by atoms with Gasteiger partial charge in [0.25, 0.3) is 0 Å². The van der Waals surface area contributed by atoms with E-state index in [4.69, 9.17) is 4.52 Å². The maximum atomic E-state index is 12.9. The minimum absolute atomic E-state index is 0.205. The molecule has 7 nitrogen and oxygen atoms in total. The van der Waals surface area contributed by atoms with Crippen LogP contribution in [0.4, 0.5) is 18.0 Å². The molecule has 2 atom stereocenters. The fraction of sp³-hybridized carbons (Fsp3) is 0.333. The fourth-order valence-electron chi connectivity index (χ4n) is 4.31. The van der Waals surface area contributed by atoms with Gasteiger partial charge < -0.3 is 14.9 Å². The van der Waals surface area contributed by atoms with Crippen LogP contribution in [0, 0.1) is 5.41 Å². The van der Waals surface area contributed by atoms with Crippen LogP contribution in [0.1, 0.15) is 50.1 Å². The molecule has 194 valence electrons. The summed E-state index contributed by atoms with van der Waals surface area (Å²) in [6.07, 6.45) is -1.68. The molecule has 0 aliphatic heterocycles. The molecule has 2 aromatic carbocycles. The summed E-state index contributed by atoms with van der Waals surface area (Å²) in [6.45, 7) is 5.96. The third-order valence-corrected chi connectivity index (χ3v) is 6.30. The second-order valence-electron chi connectivity index (χ2n) is 10.1. The van der Waals surface area contributed by atoms with Crippen molar-refractivity contribution in [2.75, 3.05) is 0 Å². The summed E-state index contributed by atoms with van der Waals surface area (Å²) in [7, 11) is 0. The molecule has 0 saturated carbocycles. The number of alkyl halides is 3. The van der Waals surface area contributed by atoms with E-state index in [1.54, 1.807) is 12.4 Å².